The number of aryl methyl sites for hydroxylation is 2. The van der Waals surface area contributed by atoms with E-state index >= 15 is 0 Å². The second-order valence-corrected chi connectivity index (χ2v) is 7.26. The van der Waals surface area contributed by atoms with Gasteiger partial charge in [-0.3, -0.25) is 4.79 Å². The number of imidazole rings is 1. The fourth-order valence-electron chi connectivity index (χ4n) is 4.06. The first-order valence-corrected chi connectivity index (χ1v) is 9.50. The molecular formula is C21H26N4O. The van der Waals surface area contributed by atoms with Crippen molar-refractivity contribution in [1.82, 2.24) is 19.4 Å². The quantitative estimate of drug-likeness (QED) is 0.752. The summed E-state index contributed by atoms with van der Waals surface area (Å²) in [5.74, 6) is 1.17. The second-order valence-electron chi connectivity index (χ2n) is 7.26. The number of rotatable bonds is 5. The summed E-state index contributed by atoms with van der Waals surface area (Å²) in [6.07, 6.45) is 3.50. The first kappa shape index (κ1) is 16.9. The molecule has 26 heavy (non-hydrogen) atoms. The van der Waals surface area contributed by atoms with Gasteiger partial charge in [0, 0.05) is 30.9 Å². The summed E-state index contributed by atoms with van der Waals surface area (Å²) in [4.78, 5) is 23.0. The van der Waals surface area contributed by atoms with Crippen LogP contribution in [0.2, 0.25) is 0 Å². The number of benzene rings is 1. The smallest absolute Gasteiger partial charge is 0.223 e. The zero-order chi connectivity index (χ0) is 18.1. The topological polar surface area (TPSA) is 53.9 Å². The summed E-state index contributed by atoms with van der Waals surface area (Å²) in [6.45, 7) is 5.97. The fourth-order valence-corrected chi connectivity index (χ4v) is 4.06. The third kappa shape index (κ3) is 3.14. The minimum atomic E-state index is 0.0879. The van der Waals surface area contributed by atoms with Crippen LogP contribution in [-0.4, -0.2) is 31.9 Å². The minimum absolute atomic E-state index is 0.0879. The molecule has 5 heteroatoms. The van der Waals surface area contributed by atoms with Gasteiger partial charge in [-0.05, 0) is 57.4 Å². The van der Waals surface area contributed by atoms with Crippen LogP contribution in [0.1, 0.15) is 48.9 Å². The van der Waals surface area contributed by atoms with Crippen LogP contribution in [0.25, 0.3) is 11.0 Å². The predicted molar refractivity (Wildman–Crippen MR) is 103 cm³/mol. The van der Waals surface area contributed by atoms with E-state index in [0.29, 0.717) is 6.42 Å². The number of nitrogens with one attached hydrogen (secondary N) is 1. The van der Waals surface area contributed by atoms with Gasteiger partial charge in [-0.1, -0.05) is 12.1 Å². The number of hydrogen-bond donors (Lipinski definition) is 1. The van der Waals surface area contributed by atoms with Crippen molar-refractivity contribution in [1.29, 1.82) is 0 Å². The molecular weight excluding hydrogens is 324 g/mol. The molecule has 0 spiro atoms. The van der Waals surface area contributed by atoms with Crippen molar-refractivity contribution in [2.45, 2.75) is 52.1 Å². The van der Waals surface area contributed by atoms with Crippen LogP contribution in [0, 0.1) is 13.8 Å². The lowest BCUT2D eigenvalue weighted by Crippen LogP contribution is -2.31. The van der Waals surface area contributed by atoms with E-state index in [1.165, 1.54) is 11.4 Å². The fraction of sp³-hybridized carbons (Fsp3) is 0.429. The summed E-state index contributed by atoms with van der Waals surface area (Å²) in [7, 11) is 0. The second kappa shape index (κ2) is 6.98. The molecule has 0 saturated carbocycles. The summed E-state index contributed by atoms with van der Waals surface area (Å²) < 4.78 is 2.29. The average Bonchev–Trinajstić information content (AvgIpc) is 3.34. The summed E-state index contributed by atoms with van der Waals surface area (Å²) in [5, 5.41) is 0. The van der Waals surface area contributed by atoms with Crippen LogP contribution in [-0.2, 0) is 11.3 Å². The molecule has 1 atom stereocenters. The first-order chi connectivity index (χ1) is 12.6. The highest BCUT2D eigenvalue weighted by Crippen LogP contribution is 2.32. The highest BCUT2D eigenvalue weighted by molar-refractivity contribution is 5.78. The van der Waals surface area contributed by atoms with Crippen LogP contribution in [0.15, 0.2) is 36.4 Å². The molecule has 0 aliphatic carbocycles. The van der Waals surface area contributed by atoms with Gasteiger partial charge in [-0.15, -0.1) is 0 Å². The van der Waals surface area contributed by atoms with Crippen LogP contribution in [0.5, 0.6) is 0 Å². The highest BCUT2D eigenvalue weighted by Gasteiger charge is 2.31. The SMILES string of the molecule is Cc1ccc(C)n1CCCC(=O)N1CCC[C@@H]1c1nc2ccccc2[nH]1. The van der Waals surface area contributed by atoms with Crippen molar-refractivity contribution >= 4 is 16.9 Å². The Kier molecular flexibility index (Phi) is 4.53. The molecule has 1 aliphatic rings. The number of fused-ring (bicyclic) bond motifs is 1. The average molecular weight is 350 g/mol. The number of para-hydroxylation sites is 2. The maximum Gasteiger partial charge on any atom is 0.223 e. The van der Waals surface area contributed by atoms with Crippen LogP contribution in [0.4, 0.5) is 0 Å². The van der Waals surface area contributed by atoms with Crippen LogP contribution >= 0.6 is 0 Å². The number of amides is 1. The molecule has 5 nitrogen and oxygen atoms in total. The molecule has 2 aromatic heterocycles. The Bertz CT molecular complexity index is 871. The molecule has 1 aromatic carbocycles. The van der Waals surface area contributed by atoms with Crippen molar-refractivity contribution in [3.8, 4) is 0 Å². The van der Waals surface area contributed by atoms with Crippen molar-refractivity contribution in [2.24, 2.45) is 0 Å². The van der Waals surface area contributed by atoms with E-state index < -0.39 is 0 Å². The van der Waals surface area contributed by atoms with Gasteiger partial charge in [0.15, 0.2) is 0 Å². The van der Waals surface area contributed by atoms with E-state index in [4.69, 9.17) is 4.98 Å². The molecule has 0 unspecified atom stereocenters. The maximum absolute atomic E-state index is 12.8. The van der Waals surface area contributed by atoms with Crippen molar-refractivity contribution < 1.29 is 4.79 Å². The largest absolute Gasteiger partial charge is 0.349 e. The van der Waals surface area contributed by atoms with Gasteiger partial charge in [0.05, 0.1) is 17.1 Å². The lowest BCUT2D eigenvalue weighted by molar-refractivity contribution is -0.132. The lowest BCUT2D eigenvalue weighted by atomic mass is 10.2. The van der Waals surface area contributed by atoms with Gasteiger partial charge >= 0.3 is 0 Å². The van der Waals surface area contributed by atoms with E-state index in [0.717, 1.165) is 49.2 Å². The summed E-state index contributed by atoms with van der Waals surface area (Å²) in [6, 6.07) is 12.4. The van der Waals surface area contributed by atoms with Crippen molar-refractivity contribution in [2.75, 3.05) is 6.54 Å². The number of aromatic amines is 1. The van der Waals surface area contributed by atoms with Crippen molar-refractivity contribution in [3.63, 3.8) is 0 Å². The number of likely N-dealkylation sites (tertiary alicyclic amines) is 1. The van der Waals surface area contributed by atoms with Gasteiger partial charge in [0.2, 0.25) is 5.91 Å². The zero-order valence-electron chi connectivity index (χ0n) is 15.5. The number of carbonyl (C=O) groups excluding carboxylic acids is 1. The van der Waals surface area contributed by atoms with Gasteiger partial charge in [0.1, 0.15) is 5.82 Å². The van der Waals surface area contributed by atoms with Crippen LogP contribution < -0.4 is 0 Å². The highest BCUT2D eigenvalue weighted by atomic mass is 16.2. The number of carbonyl (C=O) groups is 1. The summed E-state index contributed by atoms with van der Waals surface area (Å²) >= 11 is 0. The molecule has 1 saturated heterocycles. The summed E-state index contributed by atoms with van der Waals surface area (Å²) in [5.41, 5.74) is 4.54. The normalized spacial score (nSPS) is 17.3. The number of aromatic nitrogens is 3. The van der Waals surface area contributed by atoms with E-state index in [9.17, 15) is 4.79 Å². The van der Waals surface area contributed by atoms with Crippen molar-refractivity contribution in [3.05, 3.63) is 53.6 Å². The molecule has 1 fully saturated rings. The van der Waals surface area contributed by atoms with E-state index in [2.05, 4.69) is 35.5 Å². The molecule has 1 N–H and O–H groups in total. The number of hydrogen-bond acceptors (Lipinski definition) is 2. The molecule has 0 radical (unpaired) electrons. The minimum Gasteiger partial charge on any atom is -0.349 e. The van der Waals surface area contributed by atoms with E-state index in [1.54, 1.807) is 0 Å². The Labute approximate surface area is 154 Å². The van der Waals surface area contributed by atoms with Gasteiger partial charge in [-0.25, -0.2) is 4.98 Å². The van der Waals surface area contributed by atoms with Gasteiger partial charge in [-0.2, -0.15) is 0 Å². The number of H-pyrrole nitrogens is 1. The maximum atomic E-state index is 12.8. The van der Waals surface area contributed by atoms with E-state index in [1.807, 2.05) is 29.2 Å². The molecule has 0 bridgehead atoms. The Morgan fingerprint density at radius 2 is 1.96 bits per heavy atom. The van der Waals surface area contributed by atoms with Crippen LogP contribution in [0.3, 0.4) is 0 Å². The third-order valence-corrected chi connectivity index (χ3v) is 5.49. The Morgan fingerprint density at radius 1 is 1.19 bits per heavy atom. The van der Waals surface area contributed by atoms with E-state index in [-0.39, 0.29) is 11.9 Å². The Hall–Kier alpha value is -2.56. The first-order valence-electron chi connectivity index (χ1n) is 9.50. The lowest BCUT2D eigenvalue weighted by Gasteiger charge is -2.23. The Morgan fingerprint density at radius 3 is 2.73 bits per heavy atom. The number of nitrogens with zero attached hydrogens (tertiary/aromatic N) is 3. The third-order valence-electron chi connectivity index (χ3n) is 5.49. The predicted octanol–water partition coefficient (Wildman–Crippen LogP) is 4.13. The standard InChI is InChI=1S/C21H26N4O/c1-15-11-12-16(2)24(15)13-6-10-20(26)25-14-5-9-19(25)21-22-17-7-3-4-8-18(17)23-21/h3-4,7-8,11-12,19H,5-6,9-10,13-14H2,1-2H3,(H,22,23)/t19-/m1/s1. The molecule has 3 heterocycles. The molecule has 3 aromatic rings. The molecule has 1 aliphatic heterocycles. The zero-order valence-corrected chi connectivity index (χ0v) is 15.5. The molecule has 4 rings (SSSR count). The van der Waals surface area contributed by atoms with Gasteiger partial charge < -0.3 is 14.5 Å². The molecule has 136 valence electrons. The monoisotopic (exact) mass is 350 g/mol. The molecule has 1 amide bonds. The Balaban J connectivity index is 1.42. The van der Waals surface area contributed by atoms with Gasteiger partial charge in [0.25, 0.3) is 0 Å².